The lowest BCUT2D eigenvalue weighted by Crippen LogP contribution is -2.01. The molecule has 1 N–H and O–H groups in total. The maximum atomic E-state index is 5.30. The van der Waals surface area contributed by atoms with Gasteiger partial charge < -0.3 is 14.8 Å². The Kier molecular flexibility index (Phi) is 4.57. The molecule has 0 unspecified atom stereocenters. The summed E-state index contributed by atoms with van der Waals surface area (Å²) in [5, 5.41) is 3.23. The Hall–Kier alpha value is -1.82. The minimum atomic E-state index is 0.645. The molecule has 0 fully saturated rings. The van der Waals surface area contributed by atoms with E-state index in [0.29, 0.717) is 18.0 Å². The molecular weight excluding hydrogens is 310 g/mol. The van der Waals surface area contributed by atoms with Gasteiger partial charge in [-0.15, -0.1) is 0 Å². The molecule has 19 heavy (non-hydrogen) atoms. The van der Waals surface area contributed by atoms with Crippen LogP contribution in [-0.2, 0) is 6.54 Å². The number of rotatable bonds is 5. The van der Waals surface area contributed by atoms with E-state index in [-0.39, 0.29) is 0 Å². The van der Waals surface area contributed by atoms with Crippen LogP contribution >= 0.6 is 15.9 Å². The Morgan fingerprint density at radius 2 is 1.89 bits per heavy atom. The van der Waals surface area contributed by atoms with Gasteiger partial charge in [-0.25, -0.2) is 9.97 Å². The van der Waals surface area contributed by atoms with Crippen molar-refractivity contribution in [2.75, 3.05) is 19.5 Å². The van der Waals surface area contributed by atoms with Crippen LogP contribution in [0, 0.1) is 0 Å². The van der Waals surface area contributed by atoms with Crippen LogP contribution in [0.5, 0.6) is 11.5 Å². The third kappa shape index (κ3) is 3.35. The number of benzene rings is 1. The molecule has 0 radical (unpaired) electrons. The quantitative estimate of drug-likeness (QED) is 0.916. The molecule has 0 aliphatic rings. The van der Waals surface area contributed by atoms with Crippen LogP contribution in [0.15, 0.2) is 35.3 Å². The van der Waals surface area contributed by atoms with Gasteiger partial charge in [0.1, 0.15) is 6.33 Å². The molecule has 0 spiro atoms. The molecule has 0 aliphatic heterocycles. The summed E-state index contributed by atoms with van der Waals surface area (Å²) in [6.07, 6.45) is 4.95. The van der Waals surface area contributed by atoms with Crippen molar-refractivity contribution in [2.24, 2.45) is 0 Å². The maximum Gasteiger partial charge on any atom is 0.174 e. The third-order valence-electron chi connectivity index (χ3n) is 2.55. The van der Waals surface area contributed by atoms with Crippen LogP contribution in [0.2, 0.25) is 0 Å². The number of hydrogen-bond acceptors (Lipinski definition) is 5. The number of anilines is 1. The lowest BCUT2D eigenvalue weighted by molar-refractivity contribution is 0.352. The molecule has 0 bridgehead atoms. The predicted octanol–water partition coefficient (Wildman–Crippen LogP) is 2.87. The van der Waals surface area contributed by atoms with Gasteiger partial charge in [0.05, 0.1) is 36.8 Å². The fourth-order valence-electron chi connectivity index (χ4n) is 1.67. The Morgan fingerprint density at radius 3 is 2.53 bits per heavy atom. The lowest BCUT2D eigenvalue weighted by Gasteiger charge is -2.12. The number of aromatic nitrogens is 2. The van der Waals surface area contributed by atoms with Crippen molar-refractivity contribution in [3.8, 4) is 11.5 Å². The SMILES string of the molecule is COc1cc(CNc2cncnc2)cc(Br)c1OC. The van der Waals surface area contributed by atoms with Crippen molar-refractivity contribution in [3.05, 3.63) is 40.9 Å². The molecular formula is C13H14BrN3O2. The zero-order valence-electron chi connectivity index (χ0n) is 10.7. The third-order valence-corrected chi connectivity index (χ3v) is 3.14. The minimum absolute atomic E-state index is 0.645. The van der Waals surface area contributed by atoms with Gasteiger partial charge in [0, 0.05) is 6.54 Å². The van der Waals surface area contributed by atoms with E-state index in [1.54, 1.807) is 26.6 Å². The summed E-state index contributed by atoms with van der Waals surface area (Å²) in [7, 11) is 3.23. The highest BCUT2D eigenvalue weighted by Crippen LogP contribution is 2.36. The maximum absolute atomic E-state index is 5.30. The monoisotopic (exact) mass is 323 g/mol. The smallest absolute Gasteiger partial charge is 0.174 e. The number of hydrogen-bond donors (Lipinski definition) is 1. The second-order valence-electron chi connectivity index (χ2n) is 3.79. The first kappa shape index (κ1) is 13.6. The van der Waals surface area contributed by atoms with Crippen molar-refractivity contribution in [1.82, 2.24) is 9.97 Å². The second kappa shape index (κ2) is 6.38. The Labute approximate surface area is 120 Å². The van der Waals surface area contributed by atoms with Crippen LogP contribution in [0.25, 0.3) is 0 Å². The van der Waals surface area contributed by atoms with E-state index < -0.39 is 0 Å². The molecule has 0 amide bonds. The highest BCUT2D eigenvalue weighted by atomic mass is 79.9. The van der Waals surface area contributed by atoms with Crippen LogP contribution in [0.1, 0.15) is 5.56 Å². The number of halogens is 1. The van der Waals surface area contributed by atoms with Crippen LogP contribution < -0.4 is 14.8 Å². The Morgan fingerprint density at radius 1 is 1.16 bits per heavy atom. The van der Waals surface area contributed by atoms with Gasteiger partial charge in [0.2, 0.25) is 0 Å². The Balaban J connectivity index is 2.15. The van der Waals surface area contributed by atoms with E-state index in [9.17, 15) is 0 Å². The zero-order chi connectivity index (χ0) is 13.7. The fourth-order valence-corrected chi connectivity index (χ4v) is 2.32. The summed E-state index contributed by atoms with van der Waals surface area (Å²) < 4.78 is 11.4. The summed E-state index contributed by atoms with van der Waals surface area (Å²) in [4.78, 5) is 7.90. The van der Waals surface area contributed by atoms with E-state index in [0.717, 1.165) is 15.7 Å². The van der Waals surface area contributed by atoms with E-state index in [4.69, 9.17) is 9.47 Å². The van der Waals surface area contributed by atoms with E-state index in [2.05, 4.69) is 31.2 Å². The van der Waals surface area contributed by atoms with Crippen LogP contribution in [0.4, 0.5) is 5.69 Å². The first-order chi connectivity index (χ1) is 9.24. The van der Waals surface area contributed by atoms with Crippen molar-refractivity contribution in [3.63, 3.8) is 0 Å². The topological polar surface area (TPSA) is 56.3 Å². The predicted molar refractivity (Wildman–Crippen MR) is 76.6 cm³/mol. The molecule has 0 aliphatic carbocycles. The normalized spacial score (nSPS) is 10.1. The first-order valence-electron chi connectivity index (χ1n) is 5.64. The molecule has 1 aromatic carbocycles. The second-order valence-corrected chi connectivity index (χ2v) is 4.65. The van der Waals surface area contributed by atoms with Gasteiger partial charge in [0.25, 0.3) is 0 Å². The van der Waals surface area contributed by atoms with Gasteiger partial charge in [-0.3, -0.25) is 0 Å². The molecule has 5 nitrogen and oxygen atoms in total. The summed E-state index contributed by atoms with van der Waals surface area (Å²) in [5.74, 6) is 1.38. The van der Waals surface area contributed by atoms with Crippen molar-refractivity contribution < 1.29 is 9.47 Å². The molecule has 2 aromatic rings. The number of nitrogens with one attached hydrogen (secondary N) is 1. The molecule has 100 valence electrons. The van der Waals surface area contributed by atoms with Gasteiger partial charge in [-0.05, 0) is 33.6 Å². The van der Waals surface area contributed by atoms with E-state index >= 15 is 0 Å². The Bertz CT molecular complexity index is 549. The van der Waals surface area contributed by atoms with Crippen molar-refractivity contribution >= 4 is 21.6 Å². The molecule has 1 heterocycles. The minimum Gasteiger partial charge on any atom is -0.493 e. The van der Waals surface area contributed by atoms with Crippen molar-refractivity contribution in [1.29, 1.82) is 0 Å². The first-order valence-corrected chi connectivity index (χ1v) is 6.43. The lowest BCUT2D eigenvalue weighted by atomic mass is 10.2. The van der Waals surface area contributed by atoms with Gasteiger partial charge in [-0.2, -0.15) is 0 Å². The summed E-state index contributed by atoms with van der Waals surface area (Å²) in [5.41, 5.74) is 1.93. The molecule has 0 saturated heterocycles. The molecule has 1 aromatic heterocycles. The standard InChI is InChI=1S/C13H14BrN3O2/c1-18-12-4-9(3-11(14)13(12)19-2)5-17-10-6-15-8-16-7-10/h3-4,6-8,17H,5H2,1-2H3. The van der Waals surface area contributed by atoms with E-state index in [1.165, 1.54) is 6.33 Å². The molecule has 2 rings (SSSR count). The van der Waals surface area contributed by atoms with Gasteiger partial charge in [-0.1, -0.05) is 0 Å². The number of nitrogens with zero attached hydrogens (tertiary/aromatic N) is 2. The van der Waals surface area contributed by atoms with Crippen LogP contribution in [0.3, 0.4) is 0 Å². The highest BCUT2D eigenvalue weighted by Gasteiger charge is 2.10. The summed E-state index contributed by atoms with van der Waals surface area (Å²) >= 11 is 3.47. The average Bonchev–Trinajstić information content (AvgIpc) is 2.45. The van der Waals surface area contributed by atoms with Crippen molar-refractivity contribution in [2.45, 2.75) is 6.54 Å². The largest absolute Gasteiger partial charge is 0.493 e. The van der Waals surface area contributed by atoms with Gasteiger partial charge >= 0.3 is 0 Å². The molecule has 0 atom stereocenters. The molecule has 6 heteroatoms. The average molecular weight is 324 g/mol. The highest BCUT2D eigenvalue weighted by molar-refractivity contribution is 9.10. The number of methoxy groups -OCH3 is 2. The summed E-state index contributed by atoms with van der Waals surface area (Å²) in [6, 6.07) is 3.92. The van der Waals surface area contributed by atoms with Crippen LogP contribution in [-0.4, -0.2) is 24.2 Å². The molecule has 0 saturated carbocycles. The fraction of sp³-hybridized carbons (Fsp3) is 0.231. The summed E-state index contributed by atoms with van der Waals surface area (Å²) in [6.45, 7) is 0.645. The van der Waals surface area contributed by atoms with E-state index in [1.807, 2.05) is 12.1 Å². The number of ether oxygens (including phenoxy) is 2. The van der Waals surface area contributed by atoms with Gasteiger partial charge in [0.15, 0.2) is 11.5 Å². The zero-order valence-corrected chi connectivity index (χ0v) is 12.3.